The van der Waals surface area contributed by atoms with Gasteiger partial charge in [-0.05, 0) is 31.9 Å². The minimum atomic E-state index is -4.33. The highest BCUT2D eigenvalue weighted by atomic mass is 32.2. The van der Waals surface area contributed by atoms with Crippen molar-refractivity contribution in [2.24, 2.45) is 0 Å². The van der Waals surface area contributed by atoms with Gasteiger partial charge >= 0.3 is 6.03 Å². The molecule has 1 aromatic carbocycles. The first-order chi connectivity index (χ1) is 14.2. The van der Waals surface area contributed by atoms with Crippen LogP contribution in [-0.4, -0.2) is 67.8 Å². The van der Waals surface area contributed by atoms with Crippen LogP contribution in [0.2, 0.25) is 0 Å². The summed E-state index contributed by atoms with van der Waals surface area (Å²) in [6, 6.07) is 1.79. The van der Waals surface area contributed by atoms with Crippen LogP contribution >= 0.6 is 0 Å². The summed E-state index contributed by atoms with van der Waals surface area (Å²) in [7, 11) is -4.33. The van der Waals surface area contributed by atoms with E-state index in [9.17, 15) is 26.8 Å². The van der Waals surface area contributed by atoms with Gasteiger partial charge < -0.3 is 5.32 Å². The molecule has 3 amide bonds. The number of piperazine rings is 1. The molecule has 2 aliphatic rings. The fraction of sp³-hybridized carbons (Fsp3) is 0.579. The Kier molecular flexibility index (Phi) is 7.04. The Labute approximate surface area is 174 Å². The number of hydrogen-bond acceptors (Lipinski definition) is 5. The average molecular weight is 445 g/mol. The molecule has 3 rings (SSSR count). The van der Waals surface area contributed by atoms with Gasteiger partial charge in [-0.15, -0.1) is 0 Å². The van der Waals surface area contributed by atoms with Crippen LogP contribution in [-0.2, 0) is 14.8 Å². The summed E-state index contributed by atoms with van der Waals surface area (Å²) in [6.07, 6.45) is 3.91. The summed E-state index contributed by atoms with van der Waals surface area (Å²) in [5, 5.41) is 5.10. The van der Waals surface area contributed by atoms with E-state index in [4.69, 9.17) is 0 Å². The zero-order chi connectivity index (χ0) is 21.9. The molecule has 1 saturated heterocycles. The number of nitrogens with one attached hydrogen (secondary N) is 2. The minimum Gasteiger partial charge on any atom is -0.335 e. The highest BCUT2D eigenvalue weighted by Gasteiger charge is 2.35. The Morgan fingerprint density at radius 2 is 1.63 bits per heavy atom. The van der Waals surface area contributed by atoms with E-state index in [0.717, 1.165) is 48.2 Å². The maximum absolute atomic E-state index is 13.9. The molecular weight excluding hydrogens is 418 g/mol. The summed E-state index contributed by atoms with van der Waals surface area (Å²) in [5.41, 5.74) is 0. The van der Waals surface area contributed by atoms with E-state index in [1.165, 1.54) is 0 Å². The molecule has 1 unspecified atom stereocenters. The van der Waals surface area contributed by atoms with Gasteiger partial charge in [0, 0.05) is 32.2 Å². The number of hydrogen-bond donors (Lipinski definition) is 2. The van der Waals surface area contributed by atoms with E-state index in [1.807, 2.05) is 0 Å². The van der Waals surface area contributed by atoms with Crippen molar-refractivity contribution in [3.8, 4) is 0 Å². The zero-order valence-corrected chi connectivity index (χ0v) is 17.6. The Morgan fingerprint density at radius 1 is 1.07 bits per heavy atom. The molecule has 11 heteroatoms. The molecule has 0 aromatic heterocycles. The molecule has 1 aromatic rings. The molecule has 8 nitrogen and oxygen atoms in total. The number of rotatable bonds is 5. The van der Waals surface area contributed by atoms with E-state index in [2.05, 4.69) is 10.6 Å². The van der Waals surface area contributed by atoms with Gasteiger partial charge in [-0.1, -0.05) is 18.9 Å². The first-order valence-electron chi connectivity index (χ1n) is 9.99. The molecule has 1 saturated carbocycles. The third-order valence-corrected chi connectivity index (χ3v) is 7.60. The van der Waals surface area contributed by atoms with Crippen LogP contribution in [0.5, 0.6) is 0 Å². The topological polar surface area (TPSA) is 98.8 Å². The van der Waals surface area contributed by atoms with Crippen molar-refractivity contribution < 1.29 is 26.8 Å². The van der Waals surface area contributed by atoms with Crippen LogP contribution in [0.3, 0.4) is 0 Å². The van der Waals surface area contributed by atoms with Crippen molar-refractivity contribution in [2.45, 2.75) is 49.6 Å². The second-order valence-electron chi connectivity index (χ2n) is 7.61. The van der Waals surface area contributed by atoms with Crippen molar-refractivity contribution in [2.75, 3.05) is 26.2 Å². The lowest BCUT2D eigenvalue weighted by molar-refractivity contribution is -0.125. The van der Waals surface area contributed by atoms with E-state index < -0.39 is 44.5 Å². The van der Waals surface area contributed by atoms with Crippen LogP contribution < -0.4 is 10.6 Å². The Bertz CT molecular complexity index is 878. The van der Waals surface area contributed by atoms with Crippen LogP contribution in [0.25, 0.3) is 0 Å². The first-order valence-corrected chi connectivity index (χ1v) is 11.4. The van der Waals surface area contributed by atoms with E-state index in [0.29, 0.717) is 0 Å². The lowest BCUT2D eigenvalue weighted by Crippen LogP contribution is -2.56. The average Bonchev–Trinajstić information content (AvgIpc) is 3.20. The fourth-order valence-corrected chi connectivity index (χ4v) is 5.39. The Hall–Kier alpha value is -2.11. The first kappa shape index (κ1) is 22.6. The molecule has 166 valence electrons. The zero-order valence-electron chi connectivity index (χ0n) is 16.7. The molecule has 1 heterocycles. The molecule has 0 bridgehead atoms. The second kappa shape index (κ2) is 9.36. The van der Waals surface area contributed by atoms with Crippen LogP contribution in [0, 0.1) is 11.6 Å². The second-order valence-corrected chi connectivity index (χ2v) is 9.49. The molecule has 30 heavy (non-hydrogen) atoms. The molecule has 2 N–H and O–H groups in total. The maximum atomic E-state index is 13.9. The standard InChI is InChI=1S/C19H26F2N4O4S/c1-13(18(26)23-19(27)22-14-5-2-3-6-14)24-9-11-25(12-10-24)30(28,29)17-15(20)7-4-8-16(17)21/h4,7-8,13-14H,2-3,5-6,9-12H2,1H3,(H2,22,23,26,27). The highest BCUT2D eigenvalue weighted by molar-refractivity contribution is 7.89. The third-order valence-electron chi connectivity index (χ3n) is 5.64. The fourth-order valence-electron chi connectivity index (χ4n) is 3.86. The van der Waals surface area contributed by atoms with Crippen molar-refractivity contribution >= 4 is 22.0 Å². The van der Waals surface area contributed by atoms with Crippen molar-refractivity contribution in [1.29, 1.82) is 0 Å². The summed E-state index contributed by atoms with van der Waals surface area (Å²) in [6.45, 7) is 1.95. The van der Waals surface area contributed by atoms with Crippen LogP contribution in [0.4, 0.5) is 13.6 Å². The SMILES string of the molecule is CC(C(=O)NC(=O)NC1CCCC1)N1CCN(S(=O)(=O)c2c(F)cccc2F)CC1. The van der Waals surface area contributed by atoms with Gasteiger partial charge in [0.05, 0.1) is 6.04 Å². The molecular formula is C19H26F2N4O4S. The van der Waals surface area contributed by atoms with Crippen molar-refractivity contribution in [3.05, 3.63) is 29.8 Å². The lowest BCUT2D eigenvalue weighted by atomic mass is 10.2. The summed E-state index contributed by atoms with van der Waals surface area (Å²) >= 11 is 0. The number of halogens is 2. The van der Waals surface area contributed by atoms with Crippen molar-refractivity contribution in [1.82, 2.24) is 19.8 Å². The molecule has 0 radical (unpaired) electrons. The van der Waals surface area contributed by atoms with Gasteiger partial charge in [-0.2, -0.15) is 4.31 Å². The lowest BCUT2D eigenvalue weighted by Gasteiger charge is -2.36. The van der Waals surface area contributed by atoms with Crippen LogP contribution in [0.15, 0.2) is 23.1 Å². The number of amides is 3. The predicted molar refractivity (Wildman–Crippen MR) is 105 cm³/mol. The summed E-state index contributed by atoms with van der Waals surface area (Å²) in [5.74, 6) is -2.76. The smallest absolute Gasteiger partial charge is 0.321 e. The van der Waals surface area contributed by atoms with Gasteiger partial charge in [0.15, 0.2) is 4.90 Å². The summed E-state index contributed by atoms with van der Waals surface area (Å²) in [4.78, 5) is 25.1. The number of carbonyl (C=O) groups is 2. The summed E-state index contributed by atoms with van der Waals surface area (Å²) < 4.78 is 54.2. The normalized spacial score (nSPS) is 20.1. The van der Waals surface area contributed by atoms with Gasteiger partial charge in [-0.25, -0.2) is 22.0 Å². The molecule has 1 atom stereocenters. The Balaban J connectivity index is 1.55. The maximum Gasteiger partial charge on any atom is 0.321 e. The monoisotopic (exact) mass is 444 g/mol. The van der Waals surface area contributed by atoms with Crippen molar-refractivity contribution in [3.63, 3.8) is 0 Å². The third kappa shape index (κ3) is 4.96. The molecule has 0 spiro atoms. The van der Waals surface area contributed by atoms with Gasteiger partial charge in [0.2, 0.25) is 15.9 Å². The molecule has 1 aliphatic carbocycles. The minimum absolute atomic E-state index is 0.0258. The Morgan fingerprint density at radius 3 is 2.20 bits per heavy atom. The van der Waals surface area contributed by atoms with Gasteiger partial charge in [0.25, 0.3) is 0 Å². The quantitative estimate of drug-likeness (QED) is 0.716. The number of carbonyl (C=O) groups excluding carboxylic acids is 2. The highest BCUT2D eigenvalue weighted by Crippen LogP contribution is 2.24. The molecule has 2 fully saturated rings. The van der Waals surface area contributed by atoms with E-state index >= 15 is 0 Å². The van der Waals surface area contributed by atoms with Gasteiger partial charge in [-0.3, -0.25) is 15.0 Å². The number of sulfonamides is 1. The number of imide groups is 1. The number of urea groups is 1. The number of nitrogens with zero attached hydrogens (tertiary/aromatic N) is 2. The van der Waals surface area contributed by atoms with E-state index in [1.54, 1.807) is 11.8 Å². The van der Waals surface area contributed by atoms with Crippen LogP contribution in [0.1, 0.15) is 32.6 Å². The predicted octanol–water partition coefficient (Wildman–Crippen LogP) is 1.43. The number of benzene rings is 1. The molecule has 1 aliphatic heterocycles. The van der Waals surface area contributed by atoms with Gasteiger partial charge in [0.1, 0.15) is 11.6 Å². The largest absolute Gasteiger partial charge is 0.335 e. The van der Waals surface area contributed by atoms with E-state index in [-0.39, 0.29) is 32.2 Å².